The van der Waals surface area contributed by atoms with Crippen molar-refractivity contribution in [2.75, 3.05) is 0 Å². The second-order valence-corrected chi connectivity index (χ2v) is 12.8. The molecule has 7 aromatic carbocycles. The molecule has 0 atom stereocenters. The summed E-state index contributed by atoms with van der Waals surface area (Å²) in [6, 6.07) is 33.1. The van der Waals surface area contributed by atoms with Gasteiger partial charge in [-0.25, -0.2) is 4.98 Å². The third kappa shape index (κ3) is 4.71. The summed E-state index contributed by atoms with van der Waals surface area (Å²) in [4.78, 5) is 15.2. The molecule has 0 bridgehead atoms. The van der Waals surface area contributed by atoms with Crippen molar-refractivity contribution in [2.24, 2.45) is 0 Å². The van der Waals surface area contributed by atoms with Crippen LogP contribution in [0.25, 0.3) is 93.0 Å². The van der Waals surface area contributed by atoms with Gasteiger partial charge in [0.05, 0.1) is 23.4 Å². The zero-order valence-corrected chi connectivity index (χ0v) is 27.0. The first kappa shape index (κ1) is 20.8. The summed E-state index contributed by atoms with van der Waals surface area (Å²) in [5, 5.41) is 2.79. The molecule has 0 N–H and O–H groups in total. The molecule has 0 amide bonds. The quantitative estimate of drug-likeness (QED) is 0.184. The van der Waals surface area contributed by atoms with E-state index in [1.165, 1.54) is 0 Å². The molecule has 0 aliphatic rings. The lowest BCUT2D eigenvalue weighted by Crippen LogP contribution is -2.06. The molecule has 50 heavy (non-hydrogen) atoms. The molecule has 10 aromatic rings. The number of nitrogens with zero attached hydrogens (tertiary/aromatic N) is 4. The molecule has 3 heterocycles. The van der Waals surface area contributed by atoms with Crippen molar-refractivity contribution in [3.8, 4) is 51.0 Å². The Morgan fingerprint density at radius 2 is 1.16 bits per heavy atom. The molecule has 0 fully saturated rings. The van der Waals surface area contributed by atoms with Crippen molar-refractivity contribution in [3.63, 3.8) is 0 Å². The summed E-state index contributed by atoms with van der Waals surface area (Å²) in [6.07, 6.45) is 0. The maximum atomic E-state index is 9.21. The number of rotatable bonds is 5. The minimum Gasteiger partial charge on any atom is -0.278 e. The molecule has 0 saturated carbocycles. The van der Waals surface area contributed by atoms with Crippen molar-refractivity contribution in [1.29, 1.82) is 0 Å². The van der Waals surface area contributed by atoms with E-state index in [2.05, 4.69) is 18.2 Å². The highest BCUT2D eigenvalue weighted by molar-refractivity contribution is 7.26. The van der Waals surface area contributed by atoms with E-state index in [4.69, 9.17) is 25.9 Å². The van der Waals surface area contributed by atoms with Gasteiger partial charge in [-0.05, 0) is 46.5 Å². The van der Waals surface area contributed by atoms with Gasteiger partial charge in [0, 0.05) is 42.1 Å². The SMILES string of the molecule is [2H]c1c([2H])c([2H])c(-c2ccc3c4c([2H])c([2H])c([2H])c([2H])c4n(-c4nc(-c5ccc(-c6ccccc6)cc5)nc(-c5cccc6c5sc5ccccc56)n4)c3c2)c([2H])c1[2H]. The molecule has 0 aliphatic heterocycles. The smallest absolute Gasteiger partial charge is 0.238 e. The van der Waals surface area contributed by atoms with Crippen LogP contribution in [0.2, 0.25) is 0 Å². The van der Waals surface area contributed by atoms with Gasteiger partial charge in [-0.15, -0.1) is 11.3 Å². The molecule has 0 unspecified atom stereocenters. The Hall–Kier alpha value is -6.43. The summed E-state index contributed by atoms with van der Waals surface area (Å²) >= 11 is 1.62. The van der Waals surface area contributed by atoms with Crippen LogP contribution in [0.4, 0.5) is 0 Å². The third-order valence-corrected chi connectivity index (χ3v) is 10.1. The van der Waals surface area contributed by atoms with E-state index in [0.29, 0.717) is 28.1 Å². The fraction of sp³-hybridized carbons (Fsp3) is 0. The summed E-state index contributed by atoms with van der Waals surface area (Å²) in [6.45, 7) is 0. The van der Waals surface area contributed by atoms with Gasteiger partial charge in [-0.1, -0.05) is 145 Å². The standard InChI is InChI=1S/C45H28N4S/c1-3-12-29(13-4-1)31-22-24-32(25-23-31)43-46-44(38-19-11-18-37-36-17-8-10-21-41(36)50-42(37)38)48-45(47-43)49-39-20-9-7-16-34(39)35-27-26-33(28-40(35)49)30-14-5-2-6-15-30/h1-28H/i2D,5D,6D,7D,9D,14D,15D,16D,20D. The van der Waals surface area contributed by atoms with Gasteiger partial charge in [-0.2, -0.15) is 9.97 Å². The summed E-state index contributed by atoms with van der Waals surface area (Å²) in [7, 11) is 0. The van der Waals surface area contributed by atoms with Crippen molar-refractivity contribution >= 4 is 53.3 Å². The normalized spacial score (nSPS) is 14.1. The maximum absolute atomic E-state index is 9.21. The molecular weight excluding hydrogens is 629 g/mol. The highest BCUT2D eigenvalue weighted by Crippen LogP contribution is 2.40. The molecule has 4 nitrogen and oxygen atoms in total. The van der Waals surface area contributed by atoms with E-state index < -0.39 is 30.2 Å². The fourth-order valence-corrected chi connectivity index (χ4v) is 7.77. The van der Waals surface area contributed by atoms with E-state index in [1.54, 1.807) is 34.1 Å². The highest BCUT2D eigenvalue weighted by Gasteiger charge is 2.20. The molecule has 0 spiro atoms. The van der Waals surface area contributed by atoms with Gasteiger partial charge in [-0.3, -0.25) is 4.57 Å². The van der Waals surface area contributed by atoms with Crippen LogP contribution in [0, 0.1) is 0 Å². The number of benzene rings is 7. The molecular formula is C45H28N4S. The first-order valence-corrected chi connectivity index (χ1v) is 16.8. The number of para-hydroxylation sites is 1. The molecule has 5 heteroatoms. The lowest BCUT2D eigenvalue weighted by molar-refractivity contribution is 0.954. The Bertz CT molecular complexity index is 3350. The number of thiophene rings is 1. The van der Waals surface area contributed by atoms with Crippen LogP contribution in [0.3, 0.4) is 0 Å². The van der Waals surface area contributed by atoms with Crippen molar-refractivity contribution in [1.82, 2.24) is 19.5 Å². The lowest BCUT2D eigenvalue weighted by Gasteiger charge is -2.12. The largest absolute Gasteiger partial charge is 0.278 e. The molecule has 234 valence electrons. The second-order valence-electron chi connectivity index (χ2n) is 11.8. The maximum Gasteiger partial charge on any atom is 0.238 e. The van der Waals surface area contributed by atoms with E-state index in [1.807, 2.05) is 78.9 Å². The summed E-state index contributed by atoms with van der Waals surface area (Å²) in [5.41, 5.74) is 4.19. The van der Waals surface area contributed by atoms with Crippen molar-refractivity contribution in [3.05, 3.63) is 170 Å². The monoisotopic (exact) mass is 665 g/mol. The average molecular weight is 666 g/mol. The molecule has 3 aromatic heterocycles. The average Bonchev–Trinajstić information content (AvgIpc) is 3.83. The first-order chi connectivity index (χ1) is 28.5. The minimum absolute atomic E-state index is 0.0266. The van der Waals surface area contributed by atoms with Crippen LogP contribution in [0.15, 0.2) is 170 Å². The number of aromatic nitrogens is 4. The van der Waals surface area contributed by atoms with Crippen LogP contribution in [-0.2, 0) is 0 Å². The fourth-order valence-electron chi connectivity index (χ4n) is 6.55. The Labute approximate surface area is 305 Å². The summed E-state index contributed by atoms with van der Waals surface area (Å²) < 4.78 is 81.5. The third-order valence-electron chi connectivity index (χ3n) is 8.91. The lowest BCUT2D eigenvalue weighted by atomic mass is 10.0. The predicted molar refractivity (Wildman–Crippen MR) is 209 cm³/mol. The van der Waals surface area contributed by atoms with Gasteiger partial charge in [0.2, 0.25) is 5.95 Å². The van der Waals surface area contributed by atoms with Gasteiger partial charge in [0.15, 0.2) is 11.6 Å². The van der Waals surface area contributed by atoms with E-state index in [9.17, 15) is 1.37 Å². The van der Waals surface area contributed by atoms with Crippen molar-refractivity contribution < 1.29 is 12.3 Å². The van der Waals surface area contributed by atoms with Crippen LogP contribution < -0.4 is 0 Å². The first-order valence-electron chi connectivity index (χ1n) is 20.5. The zero-order chi connectivity index (χ0) is 40.9. The predicted octanol–water partition coefficient (Wildman–Crippen LogP) is 12.0. The molecule has 0 aliphatic carbocycles. The molecule has 0 saturated heterocycles. The molecule has 0 radical (unpaired) electrons. The summed E-state index contributed by atoms with van der Waals surface area (Å²) in [5.74, 6) is 0.728. The van der Waals surface area contributed by atoms with Crippen LogP contribution >= 0.6 is 11.3 Å². The Kier molecular flexibility index (Phi) is 4.84. The van der Waals surface area contributed by atoms with Crippen LogP contribution in [0.5, 0.6) is 0 Å². The minimum atomic E-state index is -0.515. The Morgan fingerprint density at radius 1 is 0.460 bits per heavy atom. The van der Waals surface area contributed by atoms with Gasteiger partial charge < -0.3 is 0 Å². The van der Waals surface area contributed by atoms with Gasteiger partial charge in [0.25, 0.3) is 0 Å². The number of fused-ring (bicyclic) bond motifs is 6. The van der Waals surface area contributed by atoms with Crippen molar-refractivity contribution in [2.45, 2.75) is 0 Å². The number of hydrogen-bond donors (Lipinski definition) is 0. The second kappa shape index (κ2) is 11.6. The van der Waals surface area contributed by atoms with Crippen LogP contribution in [-0.4, -0.2) is 19.5 Å². The topological polar surface area (TPSA) is 43.6 Å². The van der Waals surface area contributed by atoms with E-state index >= 15 is 0 Å². The van der Waals surface area contributed by atoms with E-state index in [-0.39, 0.29) is 52.1 Å². The zero-order valence-electron chi connectivity index (χ0n) is 35.2. The molecule has 10 rings (SSSR count). The Balaban J connectivity index is 1.30. The van der Waals surface area contributed by atoms with Crippen LogP contribution in [0.1, 0.15) is 12.3 Å². The Morgan fingerprint density at radius 3 is 2.04 bits per heavy atom. The van der Waals surface area contributed by atoms with Gasteiger partial charge >= 0.3 is 0 Å². The van der Waals surface area contributed by atoms with Gasteiger partial charge in [0.1, 0.15) is 0 Å². The number of hydrogen-bond acceptors (Lipinski definition) is 4. The highest BCUT2D eigenvalue weighted by atomic mass is 32.1. The van der Waals surface area contributed by atoms with E-state index in [0.717, 1.165) is 36.9 Å².